The number of aromatic amines is 1. The highest BCUT2D eigenvalue weighted by atomic mass is 16.6. The number of para-hydroxylation sites is 1. The fourth-order valence-electron chi connectivity index (χ4n) is 4.07. The van der Waals surface area contributed by atoms with E-state index in [4.69, 9.17) is 9.47 Å². The van der Waals surface area contributed by atoms with Gasteiger partial charge in [-0.05, 0) is 36.8 Å². The zero-order valence-electron chi connectivity index (χ0n) is 19.2. The van der Waals surface area contributed by atoms with Gasteiger partial charge in [-0.2, -0.15) is 0 Å². The number of carbonyl (C=O) groups is 1. The van der Waals surface area contributed by atoms with Crippen molar-refractivity contribution < 1.29 is 19.2 Å². The summed E-state index contributed by atoms with van der Waals surface area (Å²) in [5.74, 6) is 1.10. The number of rotatable bonds is 8. The van der Waals surface area contributed by atoms with E-state index in [0.717, 1.165) is 27.8 Å². The fraction of sp³-hybridized carbons (Fsp3) is 0.192. The summed E-state index contributed by atoms with van der Waals surface area (Å²) in [7, 11) is 3.17. The number of likely N-dealkylation sites (N-methyl/N-ethyl adjacent to an activating group) is 1. The maximum Gasteiger partial charge on any atom is 0.269 e. The van der Waals surface area contributed by atoms with Crippen LogP contribution in [-0.4, -0.2) is 36.6 Å². The maximum absolute atomic E-state index is 13.4. The Morgan fingerprint density at radius 2 is 1.71 bits per heavy atom. The van der Waals surface area contributed by atoms with Gasteiger partial charge in [0.1, 0.15) is 0 Å². The van der Waals surface area contributed by atoms with Gasteiger partial charge in [0.15, 0.2) is 11.5 Å². The van der Waals surface area contributed by atoms with E-state index in [-0.39, 0.29) is 18.0 Å². The first-order chi connectivity index (χ1) is 16.5. The third-order valence-corrected chi connectivity index (χ3v) is 5.74. The Kier molecular flexibility index (Phi) is 6.49. The monoisotopic (exact) mass is 459 g/mol. The molecule has 34 heavy (non-hydrogen) atoms. The van der Waals surface area contributed by atoms with E-state index in [9.17, 15) is 14.9 Å². The summed E-state index contributed by atoms with van der Waals surface area (Å²) in [5.41, 5.74) is 4.03. The van der Waals surface area contributed by atoms with Gasteiger partial charge in [-0.25, -0.2) is 0 Å². The minimum Gasteiger partial charge on any atom is -0.493 e. The summed E-state index contributed by atoms with van der Waals surface area (Å²) in [5, 5.41) is 11.9. The molecule has 0 aliphatic heterocycles. The molecular formula is C26H25N3O5. The summed E-state index contributed by atoms with van der Waals surface area (Å²) in [6.07, 6.45) is 0.122. The number of non-ortho nitro benzene ring substituents is 1. The molecule has 0 fully saturated rings. The maximum atomic E-state index is 13.4. The van der Waals surface area contributed by atoms with E-state index in [0.29, 0.717) is 23.6 Å². The number of fused-ring (bicyclic) bond motifs is 1. The number of nitrogens with zero attached hydrogens (tertiary/aromatic N) is 2. The highest BCUT2D eigenvalue weighted by Gasteiger charge is 2.24. The van der Waals surface area contributed by atoms with Gasteiger partial charge in [0.2, 0.25) is 5.91 Å². The smallest absolute Gasteiger partial charge is 0.269 e. The molecule has 8 nitrogen and oxygen atoms in total. The summed E-state index contributed by atoms with van der Waals surface area (Å²) < 4.78 is 10.9. The highest BCUT2D eigenvalue weighted by Crippen LogP contribution is 2.40. The number of nitro benzene ring substituents is 1. The normalized spacial score (nSPS) is 10.8. The summed E-state index contributed by atoms with van der Waals surface area (Å²) >= 11 is 0. The van der Waals surface area contributed by atoms with Crippen molar-refractivity contribution in [1.29, 1.82) is 0 Å². The van der Waals surface area contributed by atoms with Gasteiger partial charge in [-0.1, -0.05) is 30.3 Å². The van der Waals surface area contributed by atoms with E-state index in [1.165, 1.54) is 12.1 Å². The van der Waals surface area contributed by atoms with Crippen LogP contribution in [0, 0.1) is 10.1 Å². The number of amides is 1. The molecule has 0 aliphatic carbocycles. The molecule has 0 saturated heterocycles. The standard InChI is InChI=1S/C26H25N3O5/c1-4-28(24(30)15-17-9-12-19(13-10-17)29(31)32)26-20-7-5-6-8-21(20)27-25(26)18-11-14-22(33-2)23(16-18)34-3/h5-14,16,27H,4,15H2,1-3H3. The Balaban J connectivity index is 1.77. The van der Waals surface area contributed by atoms with Crippen LogP contribution in [0.2, 0.25) is 0 Å². The predicted octanol–water partition coefficient (Wildman–Crippen LogP) is 5.36. The molecular weight excluding hydrogens is 434 g/mol. The summed E-state index contributed by atoms with van der Waals surface area (Å²) in [4.78, 5) is 29.1. The van der Waals surface area contributed by atoms with Crippen molar-refractivity contribution in [3.05, 3.63) is 82.4 Å². The van der Waals surface area contributed by atoms with Crippen LogP contribution < -0.4 is 14.4 Å². The molecule has 3 aromatic carbocycles. The molecule has 174 valence electrons. The Morgan fingerprint density at radius 1 is 1.00 bits per heavy atom. The SMILES string of the molecule is CCN(C(=O)Cc1ccc([N+](=O)[O-])cc1)c1c(-c2ccc(OC)c(OC)c2)[nH]c2ccccc12. The molecule has 4 aromatic rings. The van der Waals surface area contributed by atoms with E-state index in [1.807, 2.05) is 49.4 Å². The number of hydrogen-bond acceptors (Lipinski definition) is 5. The number of anilines is 1. The molecule has 0 bridgehead atoms. The number of ether oxygens (including phenoxy) is 2. The average molecular weight is 460 g/mol. The Bertz CT molecular complexity index is 1340. The highest BCUT2D eigenvalue weighted by molar-refractivity contribution is 6.09. The Hall–Kier alpha value is -4.33. The number of H-pyrrole nitrogens is 1. The zero-order valence-corrected chi connectivity index (χ0v) is 19.2. The molecule has 4 rings (SSSR count). The number of methoxy groups -OCH3 is 2. The third kappa shape index (κ3) is 4.30. The lowest BCUT2D eigenvalue weighted by Crippen LogP contribution is -2.32. The molecule has 8 heteroatoms. The van der Waals surface area contributed by atoms with Gasteiger partial charge in [0, 0.05) is 35.1 Å². The molecule has 0 unspecified atom stereocenters. The van der Waals surface area contributed by atoms with Crippen molar-refractivity contribution in [2.24, 2.45) is 0 Å². The van der Waals surface area contributed by atoms with Crippen LogP contribution in [-0.2, 0) is 11.2 Å². The predicted molar refractivity (Wildman–Crippen MR) is 132 cm³/mol. The number of nitrogens with one attached hydrogen (secondary N) is 1. The van der Waals surface area contributed by atoms with Gasteiger partial charge in [-0.15, -0.1) is 0 Å². The van der Waals surface area contributed by atoms with Gasteiger partial charge in [-0.3, -0.25) is 14.9 Å². The molecule has 0 saturated carbocycles. The minimum atomic E-state index is -0.453. The van der Waals surface area contributed by atoms with Crippen molar-refractivity contribution >= 4 is 28.2 Å². The van der Waals surface area contributed by atoms with Crippen LogP contribution in [0.25, 0.3) is 22.2 Å². The Morgan fingerprint density at radius 3 is 2.35 bits per heavy atom. The second-order valence-corrected chi connectivity index (χ2v) is 7.70. The fourth-order valence-corrected chi connectivity index (χ4v) is 4.07. The lowest BCUT2D eigenvalue weighted by molar-refractivity contribution is -0.384. The van der Waals surface area contributed by atoms with Gasteiger partial charge >= 0.3 is 0 Å². The summed E-state index contributed by atoms with van der Waals surface area (Å²) in [6, 6.07) is 19.5. The van der Waals surface area contributed by atoms with Gasteiger partial charge in [0.25, 0.3) is 5.69 Å². The first kappa shape index (κ1) is 22.8. The number of aromatic nitrogens is 1. The van der Waals surface area contributed by atoms with Crippen LogP contribution in [0.1, 0.15) is 12.5 Å². The molecule has 1 amide bonds. The first-order valence-corrected chi connectivity index (χ1v) is 10.8. The van der Waals surface area contributed by atoms with Crippen molar-refractivity contribution in [1.82, 2.24) is 4.98 Å². The Labute approximate surface area is 196 Å². The second-order valence-electron chi connectivity index (χ2n) is 7.70. The molecule has 1 heterocycles. The van der Waals surface area contributed by atoms with Crippen molar-refractivity contribution in [2.75, 3.05) is 25.7 Å². The first-order valence-electron chi connectivity index (χ1n) is 10.8. The van der Waals surface area contributed by atoms with Crippen LogP contribution >= 0.6 is 0 Å². The molecule has 0 spiro atoms. The molecule has 0 aliphatic rings. The van der Waals surface area contributed by atoms with Gasteiger partial charge < -0.3 is 19.4 Å². The third-order valence-electron chi connectivity index (χ3n) is 5.74. The van der Waals surface area contributed by atoms with E-state index >= 15 is 0 Å². The number of hydrogen-bond donors (Lipinski definition) is 1. The average Bonchev–Trinajstić information content (AvgIpc) is 3.23. The minimum absolute atomic E-state index is 0.00378. The quantitative estimate of drug-likeness (QED) is 0.283. The number of carbonyl (C=O) groups excluding carboxylic acids is 1. The molecule has 0 radical (unpaired) electrons. The molecule has 1 N–H and O–H groups in total. The van der Waals surface area contributed by atoms with Crippen molar-refractivity contribution in [3.8, 4) is 22.8 Å². The van der Waals surface area contributed by atoms with Crippen LogP contribution in [0.4, 0.5) is 11.4 Å². The van der Waals surface area contributed by atoms with Crippen molar-refractivity contribution in [3.63, 3.8) is 0 Å². The van der Waals surface area contributed by atoms with E-state index < -0.39 is 4.92 Å². The van der Waals surface area contributed by atoms with E-state index in [2.05, 4.69) is 4.98 Å². The van der Waals surface area contributed by atoms with Crippen LogP contribution in [0.15, 0.2) is 66.7 Å². The number of nitro groups is 1. The number of benzene rings is 3. The zero-order chi connectivity index (χ0) is 24.2. The largest absolute Gasteiger partial charge is 0.493 e. The van der Waals surface area contributed by atoms with E-state index in [1.54, 1.807) is 31.3 Å². The van der Waals surface area contributed by atoms with Crippen molar-refractivity contribution in [2.45, 2.75) is 13.3 Å². The second kappa shape index (κ2) is 9.66. The molecule has 0 atom stereocenters. The topological polar surface area (TPSA) is 97.7 Å². The lowest BCUT2D eigenvalue weighted by Gasteiger charge is -2.23. The lowest BCUT2D eigenvalue weighted by atomic mass is 10.1. The van der Waals surface area contributed by atoms with Gasteiger partial charge in [0.05, 0.1) is 36.9 Å². The van der Waals surface area contributed by atoms with Crippen LogP contribution in [0.3, 0.4) is 0 Å². The summed E-state index contributed by atoms with van der Waals surface area (Å²) in [6.45, 7) is 2.38. The van der Waals surface area contributed by atoms with Crippen LogP contribution in [0.5, 0.6) is 11.5 Å². The molecule has 1 aromatic heterocycles.